The van der Waals surface area contributed by atoms with E-state index in [-0.39, 0.29) is 0 Å². The molecule has 0 saturated heterocycles. The first-order valence-corrected chi connectivity index (χ1v) is 5.93. The van der Waals surface area contributed by atoms with Gasteiger partial charge in [-0.15, -0.1) is 0 Å². The monoisotopic (exact) mass is 284 g/mol. The maximum atomic E-state index is 9.96. The number of furan rings is 1. The third-order valence-electron chi connectivity index (χ3n) is 2.44. The minimum atomic E-state index is -0.654. The lowest BCUT2D eigenvalue weighted by Crippen LogP contribution is -2.07. The summed E-state index contributed by atoms with van der Waals surface area (Å²) in [7, 11) is 0. The highest BCUT2D eigenvalue weighted by Gasteiger charge is 2.15. The van der Waals surface area contributed by atoms with Crippen LogP contribution in [0.4, 0.5) is 0 Å². The Kier molecular flexibility index (Phi) is 3.46. The number of aliphatic hydroxyl groups excluding tert-OH is 1. The molecular weight excluding hydrogens is 272 g/mol. The van der Waals surface area contributed by atoms with Crippen LogP contribution in [0.25, 0.3) is 0 Å². The van der Waals surface area contributed by atoms with Crippen LogP contribution in [0.5, 0.6) is 0 Å². The molecule has 5 heteroatoms. The Morgan fingerprint density at radius 1 is 1.56 bits per heavy atom. The number of aromatic nitrogens is 2. The maximum Gasteiger partial charge on any atom is 0.169 e. The molecule has 1 N–H and O–H groups in total. The highest BCUT2D eigenvalue weighted by Crippen LogP contribution is 2.22. The van der Waals surface area contributed by atoms with E-state index >= 15 is 0 Å². The molecular formula is C11H13BrN2O2. The van der Waals surface area contributed by atoms with E-state index in [1.54, 1.807) is 18.3 Å². The second kappa shape index (κ2) is 4.84. The first-order chi connectivity index (χ1) is 7.70. The Bertz CT molecular complexity index is 464. The van der Waals surface area contributed by atoms with Crippen LogP contribution < -0.4 is 0 Å². The molecule has 16 heavy (non-hydrogen) atoms. The molecule has 0 amide bonds. The van der Waals surface area contributed by atoms with Gasteiger partial charge in [0.2, 0.25) is 0 Å². The van der Waals surface area contributed by atoms with Gasteiger partial charge in [-0.25, -0.2) is 4.98 Å². The summed E-state index contributed by atoms with van der Waals surface area (Å²) in [5.41, 5.74) is 0. The minimum Gasteiger partial charge on any atom is -0.452 e. The van der Waals surface area contributed by atoms with Crippen LogP contribution in [-0.4, -0.2) is 14.7 Å². The number of nitrogens with zero attached hydrogens (tertiary/aromatic N) is 2. The number of aliphatic hydroxyl groups is 1. The van der Waals surface area contributed by atoms with Gasteiger partial charge in [-0.3, -0.25) is 0 Å². The van der Waals surface area contributed by atoms with Gasteiger partial charge in [0.15, 0.2) is 4.67 Å². The molecule has 1 unspecified atom stereocenters. The lowest BCUT2D eigenvalue weighted by atomic mass is 10.2. The van der Waals surface area contributed by atoms with Gasteiger partial charge in [-0.2, -0.15) is 0 Å². The lowest BCUT2D eigenvalue weighted by Gasteiger charge is -2.08. The summed E-state index contributed by atoms with van der Waals surface area (Å²) in [6, 6.07) is 3.53. The van der Waals surface area contributed by atoms with Crippen LogP contribution in [0.15, 0.2) is 33.6 Å². The first kappa shape index (κ1) is 11.4. The van der Waals surface area contributed by atoms with Gasteiger partial charge >= 0.3 is 0 Å². The van der Waals surface area contributed by atoms with Crippen molar-refractivity contribution in [1.29, 1.82) is 0 Å². The van der Waals surface area contributed by atoms with Crippen molar-refractivity contribution in [3.63, 3.8) is 0 Å². The highest BCUT2D eigenvalue weighted by molar-refractivity contribution is 9.10. The van der Waals surface area contributed by atoms with Crippen molar-refractivity contribution in [2.24, 2.45) is 0 Å². The first-order valence-electron chi connectivity index (χ1n) is 5.14. The molecule has 0 aliphatic rings. The Morgan fingerprint density at radius 3 is 3.00 bits per heavy atom. The van der Waals surface area contributed by atoms with Crippen molar-refractivity contribution in [3.8, 4) is 0 Å². The van der Waals surface area contributed by atoms with Crippen molar-refractivity contribution in [2.45, 2.75) is 26.0 Å². The normalized spacial score (nSPS) is 12.9. The largest absolute Gasteiger partial charge is 0.452 e. The van der Waals surface area contributed by atoms with Crippen LogP contribution in [0, 0.1) is 0 Å². The van der Waals surface area contributed by atoms with Crippen LogP contribution in [0.3, 0.4) is 0 Å². The Morgan fingerprint density at radius 2 is 2.38 bits per heavy atom. The summed E-state index contributed by atoms with van der Waals surface area (Å²) in [4.78, 5) is 4.21. The third-order valence-corrected chi connectivity index (χ3v) is 2.87. The fourth-order valence-electron chi connectivity index (χ4n) is 1.60. The average Bonchev–Trinajstić information content (AvgIpc) is 2.86. The number of aryl methyl sites for hydroxylation is 1. The number of imidazole rings is 1. The smallest absolute Gasteiger partial charge is 0.169 e. The van der Waals surface area contributed by atoms with E-state index in [0.717, 1.165) is 12.4 Å². The van der Waals surface area contributed by atoms with Crippen molar-refractivity contribution >= 4 is 15.9 Å². The average molecular weight is 285 g/mol. The molecule has 2 rings (SSSR count). The van der Waals surface area contributed by atoms with E-state index in [9.17, 15) is 5.11 Å². The standard InChI is InChI=1S/C11H13BrN2O2/c1-2-14-6-5-13-11(14)7-8(15)9-3-4-10(12)16-9/h3-6,8,15H,2,7H2,1H3. The number of hydrogen-bond acceptors (Lipinski definition) is 3. The van der Waals surface area contributed by atoms with Gasteiger partial charge in [0.25, 0.3) is 0 Å². The summed E-state index contributed by atoms with van der Waals surface area (Å²) in [5, 5.41) is 9.96. The van der Waals surface area contributed by atoms with E-state index in [2.05, 4.69) is 20.9 Å². The molecule has 0 bridgehead atoms. The van der Waals surface area contributed by atoms with Crippen LogP contribution in [-0.2, 0) is 13.0 Å². The summed E-state index contributed by atoms with van der Waals surface area (Å²) < 4.78 is 7.92. The van der Waals surface area contributed by atoms with E-state index in [4.69, 9.17) is 4.42 Å². The van der Waals surface area contributed by atoms with Gasteiger partial charge in [-0.1, -0.05) is 0 Å². The minimum absolute atomic E-state index is 0.459. The zero-order chi connectivity index (χ0) is 11.5. The van der Waals surface area contributed by atoms with E-state index in [1.807, 2.05) is 17.7 Å². The number of hydrogen-bond donors (Lipinski definition) is 1. The second-order valence-corrected chi connectivity index (χ2v) is 4.27. The van der Waals surface area contributed by atoms with Crippen molar-refractivity contribution in [2.75, 3.05) is 0 Å². The third kappa shape index (κ3) is 2.36. The van der Waals surface area contributed by atoms with Crippen LogP contribution in [0.1, 0.15) is 24.6 Å². The van der Waals surface area contributed by atoms with Gasteiger partial charge in [0.05, 0.1) is 0 Å². The number of rotatable bonds is 4. The predicted molar refractivity (Wildman–Crippen MR) is 63.0 cm³/mol. The molecule has 86 valence electrons. The Balaban J connectivity index is 2.10. The molecule has 0 saturated carbocycles. The van der Waals surface area contributed by atoms with E-state index in [0.29, 0.717) is 16.9 Å². The molecule has 0 fully saturated rings. The predicted octanol–water partition coefficient (Wildman–Crippen LogP) is 2.53. The SMILES string of the molecule is CCn1ccnc1CC(O)c1ccc(Br)o1. The molecule has 2 aromatic heterocycles. The zero-order valence-corrected chi connectivity index (χ0v) is 10.5. The van der Waals surface area contributed by atoms with Crippen LogP contribution >= 0.6 is 15.9 Å². The summed E-state index contributed by atoms with van der Waals surface area (Å²) >= 11 is 3.21. The Labute approximate surface area is 102 Å². The summed E-state index contributed by atoms with van der Waals surface area (Å²) in [6.07, 6.45) is 3.45. The van der Waals surface area contributed by atoms with Gasteiger partial charge in [0, 0.05) is 25.4 Å². The fourth-order valence-corrected chi connectivity index (χ4v) is 1.92. The molecule has 0 spiro atoms. The second-order valence-electron chi connectivity index (χ2n) is 3.49. The lowest BCUT2D eigenvalue weighted by molar-refractivity contribution is 0.145. The number of halogens is 1. The molecule has 1 atom stereocenters. The quantitative estimate of drug-likeness (QED) is 0.939. The van der Waals surface area contributed by atoms with E-state index < -0.39 is 6.10 Å². The molecule has 0 aliphatic carbocycles. The molecule has 0 aromatic carbocycles. The van der Waals surface area contributed by atoms with Crippen molar-refractivity contribution < 1.29 is 9.52 Å². The Hall–Kier alpha value is -1.07. The summed E-state index contributed by atoms with van der Waals surface area (Å²) in [6.45, 7) is 2.89. The molecule has 0 radical (unpaired) electrons. The van der Waals surface area contributed by atoms with E-state index in [1.165, 1.54) is 0 Å². The van der Waals surface area contributed by atoms with Crippen molar-refractivity contribution in [3.05, 3.63) is 40.8 Å². The molecule has 4 nitrogen and oxygen atoms in total. The van der Waals surface area contributed by atoms with Gasteiger partial charge in [0.1, 0.15) is 17.7 Å². The molecule has 2 aromatic rings. The topological polar surface area (TPSA) is 51.2 Å². The van der Waals surface area contributed by atoms with Gasteiger partial charge < -0.3 is 14.1 Å². The maximum absolute atomic E-state index is 9.96. The van der Waals surface area contributed by atoms with Crippen LogP contribution in [0.2, 0.25) is 0 Å². The molecule has 2 heterocycles. The fraction of sp³-hybridized carbons (Fsp3) is 0.364. The zero-order valence-electron chi connectivity index (χ0n) is 8.93. The van der Waals surface area contributed by atoms with Crippen molar-refractivity contribution in [1.82, 2.24) is 9.55 Å². The highest BCUT2D eigenvalue weighted by atomic mass is 79.9. The summed E-state index contributed by atoms with van der Waals surface area (Å²) in [5.74, 6) is 1.42. The van der Waals surface area contributed by atoms with Gasteiger partial charge in [-0.05, 0) is 35.0 Å². The molecule has 0 aliphatic heterocycles.